The number of imide groups is 2. The maximum atomic E-state index is 13.8. The quantitative estimate of drug-likeness (QED) is 0.205. The molecular formula is C47H50ClN7O6. The van der Waals surface area contributed by atoms with Gasteiger partial charge in [0.05, 0.1) is 22.7 Å². The Bertz CT molecular complexity index is 2310. The fourth-order valence-corrected chi connectivity index (χ4v) is 11.4. The van der Waals surface area contributed by atoms with Gasteiger partial charge in [-0.1, -0.05) is 17.7 Å². The number of rotatable bonds is 8. The van der Waals surface area contributed by atoms with Gasteiger partial charge in [-0.3, -0.25) is 34.2 Å². The predicted octanol–water partition coefficient (Wildman–Crippen LogP) is 6.33. The monoisotopic (exact) mass is 843 g/mol. The van der Waals surface area contributed by atoms with Crippen LogP contribution in [0.15, 0.2) is 60.7 Å². The number of anilines is 2. The van der Waals surface area contributed by atoms with Crippen molar-refractivity contribution in [1.29, 1.82) is 0 Å². The number of halogens is 1. The van der Waals surface area contributed by atoms with Crippen LogP contribution >= 0.6 is 11.6 Å². The minimum absolute atomic E-state index is 0.0139. The SMILES string of the molecule is [C-]#[N+]c1ccc(OC2CC3CCC(C2)N3C(=O)c2ccc(N3CC4(CCN(CC5CCN(c6ccc7c(c6)C(=O)N(C6CCC(=O)NC6=O)C7=O)CC5)CC4)C3)cc2)cc1Cl. The van der Waals surface area contributed by atoms with E-state index in [1.807, 2.05) is 18.2 Å². The van der Waals surface area contributed by atoms with Crippen molar-refractivity contribution in [3.8, 4) is 5.75 Å². The van der Waals surface area contributed by atoms with Crippen LogP contribution in [0.2, 0.25) is 5.02 Å². The van der Waals surface area contributed by atoms with E-state index in [0.717, 1.165) is 100 Å². The molecule has 1 N–H and O–H groups in total. The Labute approximate surface area is 360 Å². The number of carbonyl (C=O) groups is 5. The number of benzene rings is 3. The van der Waals surface area contributed by atoms with E-state index in [1.165, 1.54) is 18.5 Å². The van der Waals surface area contributed by atoms with Gasteiger partial charge in [-0.15, -0.1) is 0 Å². The second-order valence-corrected chi connectivity index (χ2v) is 18.8. The summed E-state index contributed by atoms with van der Waals surface area (Å²) in [4.78, 5) is 78.4. The molecule has 13 nitrogen and oxygen atoms in total. The number of carbonyl (C=O) groups excluding carboxylic acids is 5. The van der Waals surface area contributed by atoms with E-state index in [1.54, 1.807) is 30.3 Å². The minimum atomic E-state index is -0.962. The number of ether oxygens (including phenoxy) is 1. The fraction of sp³-hybridized carbons (Fsp3) is 0.489. The number of fused-ring (bicyclic) bond motifs is 3. The lowest BCUT2D eigenvalue weighted by atomic mass is 9.71. The molecule has 316 valence electrons. The van der Waals surface area contributed by atoms with Gasteiger partial charge in [-0.05, 0) is 119 Å². The summed E-state index contributed by atoms with van der Waals surface area (Å²) in [6.45, 7) is 14.4. The van der Waals surface area contributed by atoms with Crippen molar-refractivity contribution in [2.24, 2.45) is 11.3 Å². The lowest BCUT2D eigenvalue weighted by Crippen LogP contribution is -2.60. The summed E-state index contributed by atoms with van der Waals surface area (Å²) >= 11 is 6.24. The molecule has 0 aliphatic carbocycles. The van der Waals surface area contributed by atoms with Crippen molar-refractivity contribution < 1.29 is 28.7 Å². The van der Waals surface area contributed by atoms with E-state index in [-0.39, 0.29) is 42.8 Å². The summed E-state index contributed by atoms with van der Waals surface area (Å²) in [7, 11) is 0. The summed E-state index contributed by atoms with van der Waals surface area (Å²) < 4.78 is 6.29. The second-order valence-electron chi connectivity index (χ2n) is 18.3. The number of amides is 5. The van der Waals surface area contributed by atoms with Crippen LogP contribution in [0.3, 0.4) is 0 Å². The lowest BCUT2D eigenvalue weighted by molar-refractivity contribution is -0.136. The topological polar surface area (TPSA) is 127 Å². The Morgan fingerprint density at radius 2 is 1.49 bits per heavy atom. The van der Waals surface area contributed by atoms with Gasteiger partial charge in [0.15, 0.2) is 0 Å². The van der Waals surface area contributed by atoms with Crippen molar-refractivity contribution in [2.45, 2.75) is 88.4 Å². The normalized spacial score (nSPS) is 26.3. The number of hydrogen-bond donors (Lipinski definition) is 1. The molecule has 2 bridgehead atoms. The van der Waals surface area contributed by atoms with E-state index in [2.05, 4.69) is 41.9 Å². The molecule has 14 heteroatoms. The van der Waals surface area contributed by atoms with Crippen molar-refractivity contribution in [3.63, 3.8) is 0 Å². The highest BCUT2D eigenvalue weighted by atomic mass is 35.5. The van der Waals surface area contributed by atoms with Gasteiger partial charge >= 0.3 is 0 Å². The third kappa shape index (κ3) is 7.41. The molecule has 0 radical (unpaired) electrons. The molecule has 5 amide bonds. The minimum Gasteiger partial charge on any atom is -0.490 e. The number of piperidine rings is 4. The molecule has 3 atom stereocenters. The van der Waals surface area contributed by atoms with Gasteiger partial charge in [0.1, 0.15) is 17.9 Å². The Hall–Kier alpha value is -5.45. The fourth-order valence-electron chi connectivity index (χ4n) is 11.2. The van der Waals surface area contributed by atoms with E-state index in [0.29, 0.717) is 38.9 Å². The molecule has 6 saturated heterocycles. The highest BCUT2D eigenvalue weighted by Crippen LogP contribution is 2.44. The molecule has 10 rings (SSSR count). The van der Waals surface area contributed by atoms with Crippen LogP contribution in [0.5, 0.6) is 5.75 Å². The first-order valence-electron chi connectivity index (χ1n) is 21.9. The highest BCUT2D eigenvalue weighted by molar-refractivity contribution is 6.33. The first-order valence-corrected chi connectivity index (χ1v) is 22.3. The first kappa shape index (κ1) is 39.7. The lowest BCUT2D eigenvalue weighted by Gasteiger charge is -2.55. The van der Waals surface area contributed by atoms with Crippen molar-refractivity contribution in [3.05, 3.63) is 93.8 Å². The molecule has 7 aliphatic rings. The van der Waals surface area contributed by atoms with Crippen LogP contribution in [0.4, 0.5) is 17.1 Å². The van der Waals surface area contributed by atoms with Crippen LogP contribution in [0, 0.1) is 17.9 Å². The molecule has 0 saturated carbocycles. The zero-order valence-corrected chi connectivity index (χ0v) is 34.9. The zero-order chi connectivity index (χ0) is 42.0. The van der Waals surface area contributed by atoms with E-state index in [4.69, 9.17) is 22.9 Å². The second kappa shape index (κ2) is 15.8. The molecule has 1 spiro atoms. The molecule has 0 aromatic heterocycles. The molecule has 7 aliphatic heterocycles. The molecule has 7 heterocycles. The third-order valence-electron chi connectivity index (χ3n) is 14.6. The first-order chi connectivity index (χ1) is 29.5. The summed E-state index contributed by atoms with van der Waals surface area (Å²) in [6, 6.07) is 18.2. The highest BCUT2D eigenvalue weighted by Gasteiger charge is 2.47. The summed E-state index contributed by atoms with van der Waals surface area (Å²) in [5, 5.41) is 2.65. The Morgan fingerprint density at radius 1 is 0.803 bits per heavy atom. The maximum absolute atomic E-state index is 13.8. The third-order valence-corrected chi connectivity index (χ3v) is 14.9. The van der Waals surface area contributed by atoms with Gasteiger partial charge in [-0.25, -0.2) is 4.85 Å². The summed E-state index contributed by atoms with van der Waals surface area (Å²) in [5.74, 6) is -0.537. The molecule has 6 fully saturated rings. The van der Waals surface area contributed by atoms with E-state index in [9.17, 15) is 24.0 Å². The van der Waals surface area contributed by atoms with Crippen molar-refractivity contribution >= 4 is 58.2 Å². The van der Waals surface area contributed by atoms with Crippen LogP contribution in [0.1, 0.15) is 95.3 Å². The Kier molecular flexibility index (Phi) is 10.3. The smallest absolute Gasteiger partial charge is 0.262 e. The van der Waals surface area contributed by atoms with Gasteiger partial charge in [0.25, 0.3) is 17.7 Å². The van der Waals surface area contributed by atoms with Crippen LogP contribution in [-0.2, 0) is 9.59 Å². The van der Waals surface area contributed by atoms with Crippen LogP contribution in [-0.4, -0.2) is 114 Å². The standard InChI is InChI=1S/C47H50ClN7O6/c1-49-40-11-9-35(25-39(40)48)61-36-22-33-6-7-34(23-36)54(33)44(58)30-2-4-31(5-3-30)53-27-47(28-53)16-20-51(21-17-47)26-29-14-18-52(19-15-29)32-8-10-37-38(24-32)46(60)55(45(37)59)41-12-13-42(56)50-43(41)57/h2-5,8-11,24-25,29,33-34,36,41H,6-7,12-23,26-28H2,(H,50,56,57). The van der Waals surface area contributed by atoms with Gasteiger partial charge in [0, 0.05) is 86.4 Å². The Morgan fingerprint density at radius 3 is 2.16 bits per heavy atom. The predicted molar refractivity (Wildman–Crippen MR) is 229 cm³/mol. The van der Waals surface area contributed by atoms with E-state index >= 15 is 0 Å². The number of nitrogens with one attached hydrogen (secondary N) is 1. The molecule has 3 aromatic carbocycles. The van der Waals surface area contributed by atoms with Gasteiger partial charge in [-0.2, -0.15) is 0 Å². The number of nitrogens with zero attached hydrogens (tertiary/aromatic N) is 6. The van der Waals surface area contributed by atoms with Crippen molar-refractivity contribution in [2.75, 3.05) is 55.6 Å². The van der Waals surface area contributed by atoms with Gasteiger partial charge in [0.2, 0.25) is 17.5 Å². The molecule has 61 heavy (non-hydrogen) atoms. The maximum Gasteiger partial charge on any atom is 0.262 e. The van der Waals surface area contributed by atoms with Crippen molar-refractivity contribution in [1.82, 2.24) is 20.0 Å². The van der Waals surface area contributed by atoms with Crippen LogP contribution in [0.25, 0.3) is 4.85 Å². The number of hydrogen-bond acceptors (Lipinski definition) is 9. The molecule has 3 aromatic rings. The summed E-state index contributed by atoms with van der Waals surface area (Å²) in [6.07, 6.45) is 8.32. The molecular weight excluding hydrogens is 794 g/mol. The molecule has 3 unspecified atom stereocenters. The average Bonchev–Trinajstić information content (AvgIpc) is 3.67. The number of likely N-dealkylation sites (tertiary alicyclic amines) is 1. The largest absolute Gasteiger partial charge is 0.490 e. The average molecular weight is 844 g/mol. The zero-order valence-electron chi connectivity index (χ0n) is 34.2. The Balaban J connectivity index is 0.665. The van der Waals surface area contributed by atoms with E-state index < -0.39 is 23.8 Å². The summed E-state index contributed by atoms with van der Waals surface area (Å²) in [5.41, 5.74) is 4.25. The van der Waals surface area contributed by atoms with Crippen LogP contribution < -0.4 is 19.9 Å². The van der Waals surface area contributed by atoms with Gasteiger partial charge < -0.3 is 24.3 Å².